The highest BCUT2D eigenvalue weighted by atomic mass is 32.2. The number of nitrogens with one attached hydrogen (secondary N) is 3. The van der Waals surface area contributed by atoms with Crippen molar-refractivity contribution in [1.29, 1.82) is 0 Å². The van der Waals surface area contributed by atoms with Crippen molar-refractivity contribution in [3.63, 3.8) is 0 Å². The van der Waals surface area contributed by atoms with Crippen molar-refractivity contribution in [1.82, 2.24) is 5.32 Å². The monoisotopic (exact) mass is 319 g/mol. The number of hydrogen-bond donors (Lipinski definition) is 3. The molecule has 1 saturated carbocycles. The maximum atomic E-state index is 12.1. The highest BCUT2D eigenvalue weighted by Crippen LogP contribution is 2.30. The second kappa shape index (κ2) is 7.15. The highest BCUT2D eigenvalue weighted by Gasteiger charge is 2.29. The number of carbonyl (C=O) groups excluding carboxylic acids is 2. The van der Waals surface area contributed by atoms with Crippen molar-refractivity contribution in [2.45, 2.75) is 25.3 Å². The molecule has 1 heterocycles. The lowest BCUT2D eigenvalue weighted by molar-refractivity contribution is -0.117. The normalized spacial score (nSPS) is 21.2. The summed E-state index contributed by atoms with van der Waals surface area (Å²) in [5, 5.41) is 9.16. The maximum Gasteiger partial charge on any atom is 0.227 e. The highest BCUT2D eigenvalue weighted by molar-refractivity contribution is 7.99. The van der Waals surface area contributed by atoms with Crippen molar-refractivity contribution in [2.75, 3.05) is 28.7 Å². The summed E-state index contributed by atoms with van der Waals surface area (Å²) < 4.78 is 0. The standard InChI is InChI=1S/C16H21N3O2S/c20-15(9-14-10-22-7-6-17-14)18-12-2-1-3-13(8-12)19-16(21)11-4-5-11/h1-3,8,11,14,17H,4-7,9-10H2,(H,18,20)(H,19,21). The van der Waals surface area contributed by atoms with Crippen molar-refractivity contribution >= 4 is 35.0 Å². The van der Waals surface area contributed by atoms with Gasteiger partial charge in [-0.25, -0.2) is 0 Å². The van der Waals surface area contributed by atoms with Gasteiger partial charge >= 0.3 is 0 Å². The first kappa shape index (κ1) is 15.4. The molecule has 3 N–H and O–H groups in total. The first-order valence-electron chi connectivity index (χ1n) is 7.72. The van der Waals surface area contributed by atoms with Crippen molar-refractivity contribution in [3.8, 4) is 0 Å². The second-order valence-electron chi connectivity index (χ2n) is 5.82. The molecular formula is C16H21N3O2S. The fourth-order valence-corrected chi connectivity index (χ4v) is 3.40. The average Bonchev–Trinajstić information content (AvgIpc) is 3.33. The summed E-state index contributed by atoms with van der Waals surface area (Å²) in [5.74, 6) is 2.34. The Morgan fingerprint density at radius 2 is 2.00 bits per heavy atom. The lowest BCUT2D eigenvalue weighted by Crippen LogP contribution is -2.39. The van der Waals surface area contributed by atoms with E-state index in [1.54, 1.807) is 6.07 Å². The topological polar surface area (TPSA) is 70.2 Å². The third-order valence-electron chi connectivity index (χ3n) is 3.79. The lowest BCUT2D eigenvalue weighted by Gasteiger charge is -2.22. The molecule has 22 heavy (non-hydrogen) atoms. The minimum atomic E-state index is 0.00525. The van der Waals surface area contributed by atoms with Crippen LogP contribution < -0.4 is 16.0 Å². The van der Waals surface area contributed by atoms with Gasteiger partial charge in [0.15, 0.2) is 0 Å². The van der Waals surface area contributed by atoms with E-state index in [9.17, 15) is 9.59 Å². The van der Waals surface area contributed by atoms with Crippen molar-refractivity contribution in [3.05, 3.63) is 24.3 Å². The molecule has 2 aliphatic rings. The van der Waals surface area contributed by atoms with E-state index in [2.05, 4.69) is 16.0 Å². The summed E-state index contributed by atoms with van der Waals surface area (Å²) in [6.07, 6.45) is 2.44. The number of rotatable bonds is 5. The number of benzene rings is 1. The van der Waals surface area contributed by atoms with Gasteiger partial charge in [0.1, 0.15) is 0 Å². The first-order chi connectivity index (χ1) is 10.7. The number of amides is 2. The molecular weight excluding hydrogens is 298 g/mol. The fraction of sp³-hybridized carbons (Fsp3) is 0.500. The van der Waals surface area contributed by atoms with Gasteiger partial charge in [-0.2, -0.15) is 11.8 Å². The van der Waals surface area contributed by atoms with Crippen LogP contribution in [0, 0.1) is 5.92 Å². The van der Waals surface area contributed by atoms with Crippen molar-refractivity contribution < 1.29 is 9.59 Å². The summed E-state index contributed by atoms with van der Waals surface area (Å²) in [6, 6.07) is 7.58. The lowest BCUT2D eigenvalue weighted by atomic mass is 10.2. The van der Waals surface area contributed by atoms with Crippen molar-refractivity contribution in [2.24, 2.45) is 5.92 Å². The number of hydrogen-bond acceptors (Lipinski definition) is 4. The zero-order valence-electron chi connectivity index (χ0n) is 12.4. The molecule has 1 aliphatic carbocycles. The summed E-state index contributed by atoms with van der Waals surface area (Å²) in [5.41, 5.74) is 1.46. The third kappa shape index (κ3) is 4.48. The van der Waals surface area contributed by atoms with Gasteiger partial charge in [-0.3, -0.25) is 9.59 Å². The molecule has 1 unspecified atom stereocenters. The van der Waals surface area contributed by atoms with E-state index in [-0.39, 0.29) is 23.8 Å². The Morgan fingerprint density at radius 3 is 2.68 bits per heavy atom. The molecule has 6 heteroatoms. The first-order valence-corrected chi connectivity index (χ1v) is 8.88. The average molecular weight is 319 g/mol. The Kier molecular flexibility index (Phi) is 5.00. The van der Waals surface area contributed by atoms with Gasteiger partial charge < -0.3 is 16.0 Å². The quantitative estimate of drug-likeness (QED) is 0.777. The maximum absolute atomic E-state index is 12.1. The predicted octanol–water partition coefficient (Wildman–Crippen LogP) is 2.07. The molecule has 2 fully saturated rings. The molecule has 5 nitrogen and oxygen atoms in total. The number of carbonyl (C=O) groups is 2. The molecule has 0 radical (unpaired) electrons. The molecule has 0 aromatic heterocycles. The molecule has 1 aromatic carbocycles. The van der Waals surface area contributed by atoms with E-state index in [0.29, 0.717) is 6.42 Å². The van der Waals surface area contributed by atoms with Crippen LogP contribution in [0.5, 0.6) is 0 Å². The number of thioether (sulfide) groups is 1. The van der Waals surface area contributed by atoms with Crippen LogP contribution >= 0.6 is 11.8 Å². The Bertz CT molecular complexity index is 554. The van der Waals surface area contributed by atoms with E-state index in [0.717, 1.165) is 42.3 Å². The van der Waals surface area contributed by atoms with Gasteiger partial charge in [-0.05, 0) is 31.0 Å². The zero-order chi connectivity index (χ0) is 15.4. The minimum absolute atomic E-state index is 0.00525. The van der Waals surface area contributed by atoms with E-state index < -0.39 is 0 Å². The summed E-state index contributed by atoms with van der Waals surface area (Å²) >= 11 is 1.88. The molecule has 1 atom stereocenters. The molecule has 0 bridgehead atoms. The van der Waals surface area contributed by atoms with Gasteiger partial charge in [0, 0.05) is 47.8 Å². The number of anilines is 2. The van der Waals surface area contributed by atoms with Crippen LogP contribution in [0.1, 0.15) is 19.3 Å². The van der Waals surface area contributed by atoms with Crippen LogP contribution in [-0.2, 0) is 9.59 Å². The van der Waals surface area contributed by atoms with Gasteiger partial charge in [-0.1, -0.05) is 6.07 Å². The largest absolute Gasteiger partial charge is 0.326 e. The minimum Gasteiger partial charge on any atom is -0.326 e. The summed E-state index contributed by atoms with van der Waals surface area (Å²) in [6.45, 7) is 0.964. The molecule has 2 amide bonds. The van der Waals surface area contributed by atoms with Crippen LogP contribution in [0.3, 0.4) is 0 Å². The van der Waals surface area contributed by atoms with Crippen LogP contribution in [-0.4, -0.2) is 35.9 Å². The van der Waals surface area contributed by atoms with Gasteiger partial charge in [0.05, 0.1) is 0 Å². The molecule has 1 saturated heterocycles. The molecule has 1 aliphatic heterocycles. The zero-order valence-corrected chi connectivity index (χ0v) is 13.2. The van der Waals surface area contributed by atoms with Gasteiger partial charge in [0.2, 0.25) is 11.8 Å². The van der Waals surface area contributed by atoms with E-state index in [4.69, 9.17) is 0 Å². The van der Waals surface area contributed by atoms with Gasteiger partial charge in [0.25, 0.3) is 0 Å². The molecule has 3 rings (SSSR count). The fourth-order valence-electron chi connectivity index (χ4n) is 2.45. The smallest absolute Gasteiger partial charge is 0.227 e. The van der Waals surface area contributed by atoms with Crippen LogP contribution in [0.25, 0.3) is 0 Å². The molecule has 0 spiro atoms. The van der Waals surface area contributed by atoms with E-state index in [1.165, 1.54) is 0 Å². The van der Waals surface area contributed by atoms with Crippen LogP contribution in [0.2, 0.25) is 0 Å². The Labute approximate surface area is 134 Å². The third-order valence-corrected chi connectivity index (χ3v) is 4.92. The Balaban J connectivity index is 1.52. The van der Waals surface area contributed by atoms with Crippen LogP contribution in [0.4, 0.5) is 11.4 Å². The molecule has 1 aromatic rings. The predicted molar refractivity (Wildman–Crippen MR) is 90.2 cm³/mol. The Morgan fingerprint density at radius 1 is 1.23 bits per heavy atom. The summed E-state index contributed by atoms with van der Waals surface area (Å²) in [4.78, 5) is 23.8. The van der Waals surface area contributed by atoms with Crippen LogP contribution in [0.15, 0.2) is 24.3 Å². The van der Waals surface area contributed by atoms with E-state index in [1.807, 2.05) is 30.0 Å². The molecule has 118 valence electrons. The summed E-state index contributed by atoms with van der Waals surface area (Å²) in [7, 11) is 0. The van der Waals surface area contributed by atoms with Gasteiger partial charge in [-0.15, -0.1) is 0 Å². The SMILES string of the molecule is O=C(CC1CSCCN1)Nc1cccc(NC(=O)C2CC2)c1. The second-order valence-corrected chi connectivity index (χ2v) is 6.97. The van der Waals surface area contributed by atoms with E-state index >= 15 is 0 Å². The Hall–Kier alpha value is -1.53.